The van der Waals surface area contributed by atoms with Gasteiger partial charge in [-0.15, -0.1) is 10.2 Å². The molecule has 7 heterocycles. The van der Waals surface area contributed by atoms with Gasteiger partial charge in [-0.1, -0.05) is 11.3 Å². The van der Waals surface area contributed by atoms with Gasteiger partial charge in [0.15, 0.2) is 0 Å². The summed E-state index contributed by atoms with van der Waals surface area (Å²) < 4.78 is 75.0. The molecule has 330 valence electrons. The zero-order valence-electron chi connectivity index (χ0n) is 34.5. The van der Waals surface area contributed by atoms with Crippen molar-refractivity contribution in [1.82, 2.24) is 15.0 Å². The van der Waals surface area contributed by atoms with E-state index in [1.165, 1.54) is 34.2 Å². The molecule has 18 heteroatoms. The molecular formula is C48H33F5N8O4S. The Bertz CT molecular complexity index is 3430. The number of carbonyl (C=O) groups is 3. The highest BCUT2D eigenvalue weighted by atomic mass is 32.1. The fourth-order valence-electron chi connectivity index (χ4n) is 10.0. The van der Waals surface area contributed by atoms with Crippen LogP contribution in [0.15, 0.2) is 77.0 Å². The summed E-state index contributed by atoms with van der Waals surface area (Å²) in [5.74, 6) is -15.0. The van der Waals surface area contributed by atoms with Crippen molar-refractivity contribution in [2.45, 2.75) is 38.5 Å². The number of anilines is 3. The van der Waals surface area contributed by atoms with Crippen molar-refractivity contribution in [2.75, 3.05) is 40.9 Å². The number of fused-ring (bicyclic) bond motifs is 7. The average molecular weight is 913 g/mol. The molecule has 0 saturated carbocycles. The molecule has 12 rings (SSSR count). The summed E-state index contributed by atoms with van der Waals surface area (Å²) in [5.41, 5.74) is 10.3. The van der Waals surface area contributed by atoms with Gasteiger partial charge in [-0.25, -0.2) is 22.9 Å². The van der Waals surface area contributed by atoms with Gasteiger partial charge in [0, 0.05) is 70.6 Å². The van der Waals surface area contributed by atoms with Crippen molar-refractivity contribution < 1.29 is 41.1 Å². The topological polar surface area (TPSA) is 139 Å². The number of azo groups is 1. The summed E-state index contributed by atoms with van der Waals surface area (Å²) in [4.78, 5) is 57.6. The number of nitrogens with zero attached hydrogens (tertiary/aromatic N) is 6. The van der Waals surface area contributed by atoms with E-state index in [1.54, 1.807) is 34.1 Å². The zero-order valence-corrected chi connectivity index (χ0v) is 35.4. The summed E-state index contributed by atoms with van der Waals surface area (Å²) in [6, 6.07) is 19.9. The lowest BCUT2D eigenvalue weighted by atomic mass is 9.91. The SMILES string of the molecule is O=C(Oc1c(F)c(F)c(F)c(F)c1F)c1cc2c3c(ccc2[nH]1)N(C(=O)c1cc2c4c(ccc2[nH]1)N(C(=O)c1ccc2nc(N=Nc5cc6c7c(c5)CCCN7CCC6)sc2c1)CC4)CC3. The van der Waals surface area contributed by atoms with E-state index < -0.39 is 40.8 Å². The molecule has 2 amide bonds. The number of carbonyl (C=O) groups excluding carboxylic acids is 3. The first-order valence-corrected chi connectivity index (χ1v) is 22.2. The van der Waals surface area contributed by atoms with E-state index in [1.807, 2.05) is 24.3 Å². The number of H-pyrrole nitrogens is 2. The molecule has 5 aromatic carbocycles. The number of aromatic nitrogens is 3. The largest absolute Gasteiger partial charge is 0.415 e. The Labute approximate surface area is 374 Å². The first-order valence-electron chi connectivity index (χ1n) is 21.4. The van der Waals surface area contributed by atoms with Crippen molar-refractivity contribution in [3.8, 4) is 5.75 Å². The van der Waals surface area contributed by atoms with Gasteiger partial charge in [0.25, 0.3) is 11.8 Å². The molecule has 4 aliphatic rings. The summed E-state index contributed by atoms with van der Waals surface area (Å²) in [6.07, 6.45) is 5.33. The Morgan fingerprint density at radius 1 is 0.636 bits per heavy atom. The third-order valence-corrected chi connectivity index (χ3v) is 13.9. The van der Waals surface area contributed by atoms with Gasteiger partial charge in [0.05, 0.1) is 15.9 Å². The number of nitrogens with one attached hydrogen (secondary N) is 2. The van der Waals surface area contributed by atoms with E-state index in [0.717, 1.165) is 76.8 Å². The van der Waals surface area contributed by atoms with Crippen molar-refractivity contribution in [1.29, 1.82) is 0 Å². The third-order valence-electron chi connectivity index (χ3n) is 13.0. The molecule has 12 nitrogen and oxygen atoms in total. The minimum Gasteiger partial charge on any atom is -0.415 e. The highest BCUT2D eigenvalue weighted by Crippen LogP contribution is 2.41. The van der Waals surface area contributed by atoms with Crippen LogP contribution in [0.25, 0.3) is 32.0 Å². The number of hydrogen-bond acceptors (Lipinski definition) is 9. The lowest BCUT2D eigenvalue weighted by molar-refractivity contribution is 0.0710. The number of benzene rings is 5. The lowest BCUT2D eigenvalue weighted by Gasteiger charge is -2.36. The Kier molecular flexibility index (Phi) is 9.14. The summed E-state index contributed by atoms with van der Waals surface area (Å²) in [5, 5.41) is 10.9. The molecule has 4 aliphatic heterocycles. The molecule has 3 aromatic heterocycles. The van der Waals surface area contributed by atoms with Gasteiger partial charge in [0.2, 0.25) is 40.0 Å². The quantitative estimate of drug-likeness (QED) is 0.0425. The van der Waals surface area contributed by atoms with Crippen LogP contribution in [0.3, 0.4) is 0 Å². The summed E-state index contributed by atoms with van der Waals surface area (Å²) in [6.45, 7) is 2.96. The van der Waals surface area contributed by atoms with Crippen molar-refractivity contribution in [3.63, 3.8) is 0 Å². The first-order chi connectivity index (χ1) is 32.0. The molecule has 0 saturated heterocycles. The van der Waals surface area contributed by atoms with Crippen LogP contribution in [-0.2, 0) is 25.7 Å². The van der Waals surface area contributed by atoms with E-state index >= 15 is 0 Å². The van der Waals surface area contributed by atoms with Crippen molar-refractivity contribution >= 4 is 89.0 Å². The molecule has 2 N–H and O–H groups in total. The monoisotopic (exact) mass is 912 g/mol. The Morgan fingerprint density at radius 2 is 1.23 bits per heavy atom. The fourth-order valence-corrected chi connectivity index (χ4v) is 10.9. The molecular weight excluding hydrogens is 880 g/mol. The summed E-state index contributed by atoms with van der Waals surface area (Å²) >= 11 is 1.38. The maximum absolute atomic E-state index is 14.2. The van der Waals surface area contributed by atoms with Gasteiger partial charge in [-0.05, 0) is 128 Å². The van der Waals surface area contributed by atoms with Crippen LogP contribution in [0.4, 0.5) is 49.8 Å². The molecule has 66 heavy (non-hydrogen) atoms. The molecule has 0 aliphatic carbocycles. The van der Waals surface area contributed by atoms with Crippen LogP contribution in [0.5, 0.6) is 5.75 Å². The van der Waals surface area contributed by atoms with Gasteiger partial charge >= 0.3 is 5.97 Å². The van der Waals surface area contributed by atoms with E-state index in [0.29, 0.717) is 64.5 Å². The second-order valence-electron chi connectivity index (χ2n) is 16.8. The maximum Gasteiger partial charge on any atom is 0.360 e. The molecule has 0 radical (unpaired) electrons. The van der Waals surface area contributed by atoms with E-state index in [-0.39, 0.29) is 17.5 Å². The minimum atomic E-state index is -2.38. The second kappa shape index (κ2) is 15.0. The molecule has 0 atom stereocenters. The zero-order chi connectivity index (χ0) is 45.1. The Morgan fingerprint density at radius 3 is 1.88 bits per heavy atom. The number of aryl methyl sites for hydroxylation is 2. The van der Waals surface area contributed by atoms with Crippen LogP contribution in [-0.4, -0.2) is 58.9 Å². The second-order valence-corrected chi connectivity index (χ2v) is 17.8. The number of aromatic amines is 2. The normalized spacial score (nSPS) is 15.4. The standard InChI is InChI=1S/C48H33F5N8O4S/c49-38-39(50)41(52)44(42(53)40(38)51)65-47(64)34-21-29-27-12-16-61(36(27)10-8-31(29)55-34)46(63)33-20-28-26-11-15-60(35(26)9-7-30(28)54-33)45(62)24-5-6-32-37(19-24)66-48(56-32)58-57-25-17-22-3-1-13-59-14-2-4-23(18-25)43(22)59/h5-10,17-21,54-55H,1-4,11-16H2. The number of rotatable bonds is 6. The lowest BCUT2D eigenvalue weighted by Crippen LogP contribution is -2.34. The number of amides is 2. The van der Waals surface area contributed by atoms with E-state index in [2.05, 4.69) is 46.9 Å². The van der Waals surface area contributed by atoms with Crippen LogP contribution in [0, 0.1) is 29.1 Å². The Balaban J connectivity index is 0.762. The number of hydrogen-bond donors (Lipinski definition) is 2. The van der Waals surface area contributed by atoms with E-state index in [9.17, 15) is 36.3 Å². The van der Waals surface area contributed by atoms with Gasteiger partial charge in [-0.3, -0.25) is 9.59 Å². The predicted molar refractivity (Wildman–Crippen MR) is 238 cm³/mol. The number of esters is 1. The number of halogens is 5. The molecule has 0 fully saturated rings. The first kappa shape index (κ1) is 40.1. The Hall–Kier alpha value is -7.47. The third kappa shape index (κ3) is 6.29. The highest BCUT2D eigenvalue weighted by molar-refractivity contribution is 7.21. The maximum atomic E-state index is 14.2. The fraction of sp³-hybridized carbons (Fsp3) is 0.208. The number of ether oxygens (including phenoxy) is 1. The molecule has 0 spiro atoms. The summed E-state index contributed by atoms with van der Waals surface area (Å²) in [7, 11) is 0. The van der Waals surface area contributed by atoms with Crippen LogP contribution >= 0.6 is 11.3 Å². The van der Waals surface area contributed by atoms with Gasteiger partial charge < -0.3 is 29.4 Å². The highest BCUT2D eigenvalue weighted by Gasteiger charge is 2.33. The van der Waals surface area contributed by atoms with Crippen LogP contribution < -0.4 is 19.4 Å². The molecule has 8 aromatic rings. The smallest absolute Gasteiger partial charge is 0.360 e. The number of thiazole rings is 1. The van der Waals surface area contributed by atoms with Gasteiger partial charge in [-0.2, -0.15) is 8.78 Å². The molecule has 0 bridgehead atoms. The van der Waals surface area contributed by atoms with E-state index in [4.69, 9.17) is 0 Å². The predicted octanol–water partition coefficient (Wildman–Crippen LogP) is 10.7. The van der Waals surface area contributed by atoms with Crippen molar-refractivity contribution in [2.24, 2.45) is 10.2 Å². The van der Waals surface area contributed by atoms with Crippen molar-refractivity contribution in [3.05, 3.63) is 135 Å². The minimum absolute atomic E-state index is 0.158. The van der Waals surface area contributed by atoms with Crippen LogP contribution in [0.2, 0.25) is 0 Å². The van der Waals surface area contributed by atoms with Gasteiger partial charge in [0.1, 0.15) is 11.4 Å². The van der Waals surface area contributed by atoms with Crippen LogP contribution in [0.1, 0.15) is 66.4 Å². The average Bonchev–Trinajstić information content (AvgIpc) is 4.18. The molecule has 0 unspecified atom stereocenters.